The number of carbonyl (C=O) groups is 1. The standard InChI is InChI=1S/C8H18N2O2/c1-6-10(4)9-8(2,3)7(11)12-5/h9H,6H2,1-5H3. The molecular formula is C8H18N2O2. The minimum atomic E-state index is -0.653. The minimum Gasteiger partial charge on any atom is -0.468 e. The molecule has 0 aromatic heterocycles. The maximum atomic E-state index is 11.2. The molecule has 0 radical (unpaired) electrons. The zero-order chi connectivity index (χ0) is 9.78. The Hall–Kier alpha value is -0.610. The highest BCUT2D eigenvalue weighted by Crippen LogP contribution is 2.04. The Morgan fingerprint density at radius 1 is 1.58 bits per heavy atom. The molecule has 0 rings (SSSR count). The van der Waals surface area contributed by atoms with Gasteiger partial charge in [-0.1, -0.05) is 6.92 Å². The van der Waals surface area contributed by atoms with E-state index >= 15 is 0 Å². The Balaban J connectivity index is 4.11. The lowest BCUT2D eigenvalue weighted by Gasteiger charge is -2.28. The van der Waals surface area contributed by atoms with Crippen LogP contribution in [0.25, 0.3) is 0 Å². The van der Waals surface area contributed by atoms with Crippen molar-refractivity contribution < 1.29 is 9.53 Å². The molecule has 0 saturated carbocycles. The number of methoxy groups -OCH3 is 1. The summed E-state index contributed by atoms with van der Waals surface area (Å²) in [5.41, 5.74) is 2.36. The predicted octanol–water partition coefficient (Wildman–Crippen LogP) is 0.394. The molecule has 0 heterocycles. The summed E-state index contributed by atoms with van der Waals surface area (Å²) in [4.78, 5) is 11.2. The van der Waals surface area contributed by atoms with Gasteiger partial charge in [-0.15, -0.1) is 0 Å². The molecule has 0 aromatic carbocycles. The number of nitrogens with one attached hydrogen (secondary N) is 1. The van der Waals surface area contributed by atoms with Gasteiger partial charge in [-0.05, 0) is 13.8 Å². The average Bonchev–Trinajstić information content (AvgIpc) is 2.02. The van der Waals surface area contributed by atoms with Crippen LogP contribution in [0.5, 0.6) is 0 Å². The molecule has 0 aliphatic heterocycles. The number of carbonyl (C=O) groups excluding carboxylic acids is 1. The molecule has 12 heavy (non-hydrogen) atoms. The monoisotopic (exact) mass is 174 g/mol. The molecule has 0 saturated heterocycles. The van der Waals surface area contributed by atoms with E-state index in [0.29, 0.717) is 0 Å². The predicted molar refractivity (Wildman–Crippen MR) is 47.5 cm³/mol. The topological polar surface area (TPSA) is 41.6 Å². The lowest BCUT2D eigenvalue weighted by atomic mass is 10.1. The van der Waals surface area contributed by atoms with E-state index in [0.717, 1.165) is 6.54 Å². The largest absolute Gasteiger partial charge is 0.468 e. The molecule has 0 atom stereocenters. The first-order valence-corrected chi connectivity index (χ1v) is 4.01. The molecule has 0 unspecified atom stereocenters. The van der Waals surface area contributed by atoms with Crippen LogP contribution in [0.1, 0.15) is 20.8 Å². The van der Waals surface area contributed by atoms with E-state index in [4.69, 9.17) is 0 Å². The van der Waals surface area contributed by atoms with Crippen LogP contribution in [-0.4, -0.2) is 37.2 Å². The highest BCUT2D eigenvalue weighted by Gasteiger charge is 2.28. The third kappa shape index (κ3) is 3.19. The molecule has 0 aliphatic carbocycles. The molecule has 0 aliphatic rings. The van der Waals surface area contributed by atoms with Crippen molar-refractivity contribution in [3.63, 3.8) is 0 Å². The number of rotatable bonds is 4. The quantitative estimate of drug-likeness (QED) is 0.494. The lowest BCUT2D eigenvalue weighted by Crippen LogP contribution is -2.54. The average molecular weight is 174 g/mol. The van der Waals surface area contributed by atoms with Crippen LogP contribution < -0.4 is 5.43 Å². The van der Waals surface area contributed by atoms with E-state index in [2.05, 4.69) is 10.2 Å². The molecule has 0 bridgehead atoms. The molecule has 0 fully saturated rings. The summed E-state index contributed by atoms with van der Waals surface area (Å²) in [5, 5.41) is 1.84. The third-order valence-corrected chi connectivity index (χ3v) is 1.64. The molecular weight excluding hydrogens is 156 g/mol. The minimum absolute atomic E-state index is 0.261. The summed E-state index contributed by atoms with van der Waals surface area (Å²) in [6.45, 7) is 6.40. The van der Waals surface area contributed by atoms with Crippen LogP contribution in [0.4, 0.5) is 0 Å². The summed E-state index contributed by atoms with van der Waals surface area (Å²) in [6.07, 6.45) is 0. The Bertz CT molecular complexity index is 157. The third-order valence-electron chi connectivity index (χ3n) is 1.64. The first kappa shape index (κ1) is 11.4. The van der Waals surface area contributed by atoms with Crippen LogP contribution in [0.2, 0.25) is 0 Å². The van der Waals surface area contributed by atoms with Gasteiger partial charge in [0.1, 0.15) is 5.54 Å². The summed E-state index contributed by atoms with van der Waals surface area (Å²) >= 11 is 0. The molecule has 72 valence electrons. The zero-order valence-corrected chi connectivity index (χ0v) is 8.47. The van der Waals surface area contributed by atoms with Crippen molar-refractivity contribution in [3.8, 4) is 0 Å². The van der Waals surface area contributed by atoms with Gasteiger partial charge >= 0.3 is 5.97 Å². The van der Waals surface area contributed by atoms with Crippen LogP contribution in [0.3, 0.4) is 0 Å². The maximum absolute atomic E-state index is 11.2. The number of nitrogens with zero attached hydrogens (tertiary/aromatic N) is 1. The van der Waals surface area contributed by atoms with E-state index < -0.39 is 5.54 Å². The van der Waals surface area contributed by atoms with Crippen molar-refractivity contribution >= 4 is 5.97 Å². The molecule has 4 heteroatoms. The van der Waals surface area contributed by atoms with Gasteiger partial charge in [0.05, 0.1) is 7.11 Å². The lowest BCUT2D eigenvalue weighted by molar-refractivity contribution is -0.149. The number of hydrazine groups is 1. The van der Waals surface area contributed by atoms with Gasteiger partial charge in [0.25, 0.3) is 0 Å². The Labute approximate surface area is 73.8 Å². The van der Waals surface area contributed by atoms with E-state index in [1.807, 2.05) is 19.0 Å². The molecule has 1 N–H and O–H groups in total. The van der Waals surface area contributed by atoms with Gasteiger partial charge in [0.2, 0.25) is 0 Å². The normalized spacial score (nSPS) is 11.8. The summed E-state index contributed by atoms with van der Waals surface area (Å²) in [5.74, 6) is -0.261. The van der Waals surface area contributed by atoms with Crippen LogP contribution in [0, 0.1) is 0 Å². The van der Waals surface area contributed by atoms with Gasteiger partial charge in [-0.25, -0.2) is 10.4 Å². The van der Waals surface area contributed by atoms with Gasteiger partial charge in [-0.2, -0.15) is 0 Å². The van der Waals surface area contributed by atoms with Crippen molar-refractivity contribution in [3.05, 3.63) is 0 Å². The summed E-state index contributed by atoms with van der Waals surface area (Å²) in [7, 11) is 3.27. The van der Waals surface area contributed by atoms with Gasteiger partial charge in [0, 0.05) is 13.6 Å². The zero-order valence-electron chi connectivity index (χ0n) is 8.47. The fourth-order valence-corrected chi connectivity index (χ4v) is 0.857. The SMILES string of the molecule is CCN(C)NC(C)(C)C(=O)OC. The molecule has 4 nitrogen and oxygen atoms in total. The van der Waals surface area contributed by atoms with E-state index in [-0.39, 0.29) is 5.97 Å². The van der Waals surface area contributed by atoms with Gasteiger partial charge in [-0.3, -0.25) is 4.79 Å². The van der Waals surface area contributed by atoms with Crippen LogP contribution in [-0.2, 0) is 9.53 Å². The highest BCUT2D eigenvalue weighted by atomic mass is 16.5. The fraction of sp³-hybridized carbons (Fsp3) is 0.875. The van der Waals surface area contributed by atoms with Crippen molar-refractivity contribution in [2.75, 3.05) is 20.7 Å². The van der Waals surface area contributed by atoms with Crippen molar-refractivity contribution in [2.24, 2.45) is 0 Å². The second-order valence-corrected chi connectivity index (χ2v) is 3.24. The molecule has 0 spiro atoms. The van der Waals surface area contributed by atoms with Crippen molar-refractivity contribution in [1.82, 2.24) is 10.4 Å². The summed E-state index contributed by atoms with van der Waals surface area (Å²) < 4.78 is 4.63. The number of hydrogen-bond donors (Lipinski definition) is 1. The van der Waals surface area contributed by atoms with Crippen molar-refractivity contribution in [1.29, 1.82) is 0 Å². The van der Waals surface area contributed by atoms with E-state index in [9.17, 15) is 4.79 Å². The maximum Gasteiger partial charge on any atom is 0.326 e. The van der Waals surface area contributed by atoms with Gasteiger partial charge in [0.15, 0.2) is 0 Å². The van der Waals surface area contributed by atoms with E-state index in [1.165, 1.54) is 7.11 Å². The molecule has 0 amide bonds. The van der Waals surface area contributed by atoms with E-state index in [1.54, 1.807) is 13.8 Å². The van der Waals surface area contributed by atoms with Crippen LogP contribution >= 0.6 is 0 Å². The Kier molecular flexibility index (Phi) is 4.20. The van der Waals surface area contributed by atoms with Crippen LogP contribution in [0.15, 0.2) is 0 Å². The first-order valence-electron chi connectivity index (χ1n) is 4.01. The number of esters is 1. The second-order valence-electron chi connectivity index (χ2n) is 3.24. The number of hydrogen-bond acceptors (Lipinski definition) is 4. The summed E-state index contributed by atoms with van der Waals surface area (Å²) in [6, 6.07) is 0. The Morgan fingerprint density at radius 3 is 2.42 bits per heavy atom. The first-order chi connectivity index (χ1) is 5.44. The Morgan fingerprint density at radius 2 is 2.08 bits per heavy atom. The smallest absolute Gasteiger partial charge is 0.326 e. The molecule has 0 aromatic rings. The highest BCUT2D eigenvalue weighted by molar-refractivity contribution is 5.79. The number of ether oxygens (including phenoxy) is 1. The van der Waals surface area contributed by atoms with Gasteiger partial charge < -0.3 is 4.74 Å². The van der Waals surface area contributed by atoms with Crippen molar-refractivity contribution in [2.45, 2.75) is 26.3 Å². The fourth-order valence-electron chi connectivity index (χ4n) is 0.857. The second kappa shape index (κ2) is 4.42.